The summed E-state index contributed by atoms with van der Waals surface area (Å²) >= 11 is 0. The Balaban J connectivity index is 2.87. The molecular weight excluding hydrogens is 133 g/mol. The molecule has 1 aromatic rings. The van der Waals surface area contributed by atoms with E-state index in [1.807, 2.05) is 6.07 Å². The Hall–Kier alpha value is -1.37. The average Bonchev–Trinajstić information content (AvgIpc) is 2.34. The normalized spacial score (nSPS) is 12.5. The Bertz CT molecular complexity index is 260. The Morgan fingerprint density at radius 2 is 2.60 bits per heavy atom. The van der Waals surface area contributed by atoms with Crippen LogP contribution in [-0.2, 0) is 0 Å². The lowest BCUT2D eigenvalue weighted by Gasteiger charge is -1.98. The van der Waals surface area contributed by atoms with E-state index in [4.69, 9.17) is 5.26 Å². The van der Waals surface area contributed by atoms with Gasteiger partial charge < -0.3 is 0 Å². The van der Waals surface area contributed by atoms with Crippen LogP contribution < -0.4 is 0 Å². The number of hydrogen-bond acceptors (Lipinski definition) is 2. The van der Waals surface area contributed by atoms with Crippen molar-refractivity contribution >= 4 is 0 Å². The Morgan fingerprint density at radius 3 is 3.00 bits per heavy atom. The van der Waals surface area contributed by atoms with Crippen LogP contribution in [0.2, 0.25) is 0 Å². The van der Waals surface area contributed by atoms with Gasteiger partial charge in [0.2, 0.25) is 0 Å². The van der Waals surface area contributed by atoms with Gasteiger partial charge in [0.15, 0.2) is 5.82 Å². The van der Waals surface area contributed by atoms with Crippen molar-refractivity contribution in [2.45, 2.75) is 13.0 Å². The molecule has 0 bridgehead atoms. The fourth-order valence-electron chi connectivity index (χ4n) is 0.586. The van der Waals surface area contributed by atoms with Crippen molar-refractivity contribution in [1.82, 2.24) is 9.78 Å². The number of hydrogen-bond donors (Lipinski definition) is 0. The summed E-state index contributed by atoms with van der Waals surface area (Å²) in [6.45, 7) is 1.65. The van der Waals surface area contributed by atoms with Gasteiger partial charge in [-0.05, 0) is 6.92 Å². The largest absolute Gasteiger partial charge is 0.253 e. The van der Waals surface area contributed by atoms with Gasteiger partial charge in [-0.3, -0.25) is 4.68 Å². The summed E-state index contributed by atoms with van der Waals surface area (Å²) in [6.07, 6.45) is 2.27. The predicted molar refractivity (Wildman–Crippen MR) is 32.5 cm³/mol. The molecule has 0 radical (unpaired) electrons. The molecule has 1 unspecified atom stereocenters. The number of aromatic nitrogens is 2. The van der Waals surface area contributed by atoms with E-state index < -0.39 is 11.9 Å². The molecule has 0 saturated carbocycles. The van der Waals surface area contributed by atoms with Crippen molar-refractivity contribution in [3.63, 3.8) is 0 Å². The molecule has 1 heterocycles. The molecule has 0 amide bonds. The lowest BCUT2D eigenvalue weighted by molar-refractivity contribution is 0.578. The first-order valence-corrected chi connectivity index (χ1v) is 2.83. The van der Waals surface area contributed by atoms with Gasteiger partial charge in [0, 0.05) is 0 Å². The molecule has 3 nitrogen and oxygen atoms in total. The van der Waals surface area contributed by atoms with E-state index in [2.05, 4.69) is 5.10 Å². The lowest BCUT2D eigenvalue weighted by atomic mass is 10.4. The zero-order valence-corrected chi connectivity index (χ0v) is 5.45. The monoisotopic (exact) mass is 139 g/mol. The maximum Gasteiger partial charge on any atom is 0.161 e. The average molecular weight is 139 g/mol. The SMILES string of the molecule is CC(C#N)n1cc(F)cn1. The van der Waals surface area contributed by atoms with Gasteiger partial charge in [0.05, 0.1) is 18.5 Å². The van der Waals surface area contributed by atoms with Crippen molar-refractivity contribution in [3.8, 4) is 6.07 Å². The minimum absolute atomic E-state index is 0.399. The van der Waals surface area contributed by atoms with E-state index >= 15 is 0 Å². The molecule has 0 aliphatic heterocycles. The molecule has 0 fully saturated rings. The number of halogens is 1. The molecule has 0 spiro atoms. The van der Waals surface area contributed by atoms with Crippen LogP contribution >= 0.6 is 0 Å². The van der Waals surface area contributed by atoms with Crippen LogP contribution in [0.5, 0.6) is 0 Å². The molecule has 52 valence electrons. The maximum absolute atomic E-state index is 12.2. The van der Waals surface area contributed by atoms with Crippen LogP contribution in [-0.4, -0.2) is 9.78 Å². The number of nitrogens with zero attached hydrogens (tertiary/aromatic N) is 3. The van der Waals surface area contributed by atoms with Crippen molar-refractivity contribution in [3.05, 3.63) is 18.2 Å². The molecule has 1 atom stereocenters. The highest BCUT2D eigenvalue weighted by Crippen LogP contribution is 2.02. The third-order valence-corrected chi connectivity index (χ3v) is 1.15. The Labute approximate surface area is 57.7 Å². The molecule has 10 heavy (non-hydrogen) atoms. The van der Waals surface area contributed by atoms with Gasteiger partial charge in [-0.15, -0.1) is 0 Å². The van der Waals surface area contributed by atoms with Gasteiger partial charge in [-0.25, -0.2) is 4.39 Å². The number of rotatable bonds is 1. The topological polar surface area (TPSA) is 41.6 Å². The standard InChI is InChI=1S/C6H6FN3/c1-5(2-8)10-4-6(7)3-9-10/h3-5H,1H3. The van der Waals surface area contributed by atoms with Gasteiger partial charge in [-0.2, -0.15) is 10.4 Å². The van der Waals surface area contributed by atoms with Crippen LogP contribution in [0.4, 0.5) is 4.39 Å². The summed E-state index contributed by atoms with van der Waals surface area (Å²) in [4.78, 5) is 0. The first-order chi connectivity index (χ1) is 4.74. The molecular formula is C6H6FN3. The third kappa shape index (κ3) is 1.13. The van der Waals surface area contributed by atoms with Crippen molar-refractivity contribution in [1.29, 1.82) is 5.26 Å². The molecule has 0 N–H and O–H groups in total. The second-order valence-electron chi connectivity index (χ2n) is 1.94. The first-order valence-electron chi connectivity index (χ1n) is 2.83. The minimum atomic E-state index is -0.415. The van der Waals surface area contributed by atoms with Gasteiger partial charge in [0.25, 0.3) is 0 Å². The van der Waals surface area contributed by atoms with Crippen LogP contribution in [0, 0.1) is 17.1 Å². The quantitative estimate of drug-likeness (QED) is 0.584. The second kappa shape index (κ2) is 2.48. The van der Waals surface area contributed by atoms with E-state index in [0.29, 0.717) is 0 Å². The Morgan fingerprint density at radius 1 is 1.90 bits per heavy atom. The van der Waals surface area contributed by atoms with Gasteiger partial charge in [0.1, 0.15) is 6.04 Å². The molecule has 1 rings (SSSR count). The van der Waals surface area contributed by atoms with Crippen LogP contribution in [0.25, 0.3) is 0 Å². The highest BCUT2D eigenvalue weighted by molar-refractivity contribution is 4.91. The summed E-state index contributed by atoms with van der Waals surface area (Å²) in [7, 11) is 0. The highest BCUT2D eigenvalue weighted by Gasteiger charge is 2.02. The second-order valence-corrected chi connectivity index (χ2v) is 1.94. The highest BCUT2D eigenvalue weighted by atomic mass is 19.1. The predicted octanol–water partition coefficient (Wildman–Crippen LogP) is 1.11. The molecule has 0 saturated heterocycles. The lowest BCUT2D eigenvalue weighted by Crippen LogP contribution is -2.01. The maximum atomic E-state index is 12.2. The molecule has 1 aromatic heterocycles. The molecule has 4 heteroatoms. The minimum Gasteiger partial charge on any atom is -0.253 e. The third-order valence-electron chi connectivity index (χ3n) is 1.15. The van der Waals surface area contributed by atoms with E-state index in [-0.39, 0.29) is 0 Å². The van der Waals surface area contributed by atoms with E-state index in [1.165, 1.54) is 10.9 Å². The Kier molecular flexibility index (Phi) is 1.67. The zero-order valence-electron chi connectivity index (χ0n) is 5.45. The fraction of sp³-hybridized carbons (Fsp3) is 0.333. The van der Waals surface area contributed by atoms with Crippen LogP contribution in [0.1, 0.15) is 13.0 Å². The molecule has 0 aliphatic carbocycles. The van der Waals surface area contributed by atoms with Crippen LogP contribution in [0.15, 0.2) is 12.4 Å². The van der Waals surface area contributed by atoms with Gasteiger partial charge in [-0.1, -0.05) is 0 Å². The van der Waals surface area contributed by atoms with E-state index in [9.17, 15) is 4.39 Å². The van der Waals surface area contributed by atoms with E-state index in [0.717, 1.165) is 6.20 Å². The summed E-state index contributed by atoms with van der Waals surface area (Å²) < 4.78 is 13.5. The molecule has 0 aliphatic rings. The summed E-state index contributed by atoms with van der Waals surface area (Å²) in [5.74, 6) is -0.415. The molecule has 0 aromatic carbocycles. The summed E-state index contributed by atoms with van der Waals surface area (Å²) in [5.41, 5.74) is 0. The van der Waals surface area contributed by atoms with Crippen molar-refractivity contribution in [2.75, 3.05) is 0 Å². The van der Waals surface area contributed by atoms with Crippen molar-refractivity contribution in [2.24, 2.45) is 0 Å². The van der Waals surface area contributed by atoms with Crippen LogP contribution in [0.3, 0.4) is 0 Å². The smallest absolute Gasteiger partial charge is 0.161 e. The van der Waals surface area contributed by atoms with E-state index in [1.54, 1.807) is 6.92 Å². The van der Waals surface area contributed by atoms with Crippen molar-refractivity contribution < 1.29 is 4.39 Å². The first kappa shape index (κ1) is 6.75. The zero-order chi connectivity index (χ0) is 7.56. The summed E-state index contributed by atoms with van der Waals surface area (Å²) in [6, 6.07) is 1.53. The summed E-state index contributed by atoms with van der Waals surface area (Å²) in [5, 5.41) is 12.0. The van der Waals surface area contributed by atoms with Gasteiger partial charge >= 0.3 is 0 Å². The number of nitriles is 1. The fourth-order valence-corrected chi connectivity index (χ4v) is 0.586.